The Morgan fingerprint density at radius 3 is 1.20 bits per heavy atom. The number of rotatable bonds is 53. The van der Waals surface area contributed by atoms with Gasteiger partial charge in [-0.1, -0.05) is 229 Å². The minimum atomic E-state index is -1.98. The van der Waals surface area contributed by atoms with Crippen molar-refractivity contribution in [1.82, 2.24) is 5.32 Å². The lowest BCUT2D eigenvalue weighted by molar-refractivity contribution is -0.379. The number of hydrogen-bond donors (Lipinski definition) is 12. The van der Waals surface area contributed by atoms with Crippen molar-refractivity contribution in [3.63, 3.8) is 0 Å². The maximum absolute atomic E-state index is 13.4. The van der Waals surface area contributed by atoms with E-state index in [1.54, 1.807) is 6.08 Å². The van der Waals surface area contributed by atoms with Gasteiger partial charge in [-0.25, -0.2) is 0 Å². The van der Waals surface area contributed by atoms with Gasteiger partial charge in [-0.05, 0) is 70.6 Å². The summed E-state index contributed by atoms with van der Waals surface area (Å²) in [5.41, 5.74) is 0. The van der Waals surface area contributed by atoms with Crippen LogP contribution in [-0.4, -0.2) is 193 Å². The Labute approximate surface area is 535 Å². The van der Waals surface area contributed by atoms with Crippen molar-refractivity contribution in [2.24, 2.45) is 0 Å². The van der Waals surface area contributed by atoms with Crippen LogP contribution in [0.4, 0.5) is 0 Å². The highest BCUT2D eigenvalue weighted by Crippen LogP contribution is 2.33. The monoisotopic (exact) mass is 1270 g/mol. The second-order valence-electron chi connectivity index (χ2n) is 25.0. The first-order valence-corrected chi connectivity index (χ1v) is 35.0. The van der Waals surface area contributed by atoms with E-state index in [1.807, 2.05) is 6.08 Å². The van der Waals surface area contributed by atoms with Crippen LogP contribution in [0.1, 0.15) is 245 Å². The predicted molar refractivity (Wildman–Crippen MR) is 346 cm³/mol. The first kappa shape index (κ1) is 80.7. The van der Waals surface area contributed by atoms with E-state index < -0.39 is 124 Å². The van der Waals surface area contributed by atoms with Gasteiger partial charge in [0.1, 0.15) is 73.2 Å². The van der Waals surface area contributed by atoms with E-state index in [4.69, 9.17) is 28.4 Å². The average Bonchev–Trinajstić information content (AvgIpc) is 1.93. The minimum absolute atomic E-state index is 0.219. The van der Waals surface area contributed by atoms with Gasteiger partial charge in [0, 0.05) is 6.42 Å². The molecular formula is C70H125NO18. The van der Waals surface area contributed by atoms with E-state index in [2.05, 4.69) is 67.8 Å². The van der Waals surface area contributed by atoms with E-state index in [-0.39, 0.29) is 18.9 Å². The van der Waals surface area contributed by atoms with Crippen molar-refractivity contribution in [2.75, 3.05) is 26.4 Å². The zero-order valence-corrected chi connectivity index (χ0v) is 54.6. The highest BCUT2D eigenvalue weighted by molar-refractivity contribution is 5.76. The standard InChI is InChI=1S/C70H125NO18/c1-3-5-7-9-11-13-15-17-19-21-23-25-26-28-29-31-33-35-37-39-41-43-45-47-54(75)53(71-58(76)48-46-44-42-40-38-36-34-32-30-27-24-22-20-18-16-14-12-10-8-6-4-2)52-84-68-64(82)61(79)66(56(50-73)86-68)89-70-65(83)62(80)67(57(51-74)87-70)88-69-63(81)60(78)59(77)55(49-72)85-69/h16,18,22,24,30,32,37,39,45,47,53-57,59-70,72-75,77-83H,3-15,17,19-21,23,25-29,31,33-36,38,40-44,46,48-52H2,1-2H3,(H,71,76)/b18-16-,24-22-,32-30-,39-37+,47-45+. The molecule has 3 aliphatic heterocycles. The molecule has 17 atom stereocenters. The number of amides is 1. The summed E-state index contributed by atoms with van der Waals surface area (Å²) < 4.78 is 34.3. The Balaban J connectivity index is 1.47. The number of carbonyl (C=O) groups excluding carboxylic acids is 1. The van der Waals surface area contributed by atoms with Crippen molar-refractivity contribution in [1.29, 1.82) is 0 Å². The van der Waals surface area contributed by atoms with E-state index in [1.165, 1.54) is 141 Å². The molecule has 0 aliphatic carbocycles. The minimum Gasteiger partial charge on any atom is -0.394 e. The van der Waals surface area contributed by atoms with Gasteiger partial charge in [0.2, 0.25) is 5.91 Å². The Bertz CT molecular complexity index is 1850. The van der Waals surface area contributed by atoms with Crippen molar-refractivity contribution >= 4 is 5.91 Å². The average molecular weight is 1270 g/mol. The zero-order chi connectivity index (χ0) is 64.7. The number of nitrogens with one attached hydrogen (secondary N) is 1. The molecule has 0 aromatic rings. The van der Waals surface area contributed by atoms with Crippen LogP contribution >= 0.6 is 0 Å². The summed E-state index contributed by atoms with van der Waals surface area (Å²) >= 11 is 0. The molecule has 3 aliphatic rings. The SMILES string of the molecule is CCCCCCC/C=C\C/C=C\C/C=C\CCCCCCCCC(=O)NC(COC1OC(CO)C(OC2OC(CO)C(OC3OC(CO)C(O)C(O)C3O)C(O)C2O)C(O)C1O)C(O)/C=C/CC/C=C/CCCCCCCCCCCCCCCCCCC. The molecule has 89 heavy (non-hydrogen) atoms. The first-order valence-electron chi connectivity index (χ1n) is 35.0. The topological polar surface area (TPSA) is 307 Å². The highest BCUT2D eigenvalue weighted by atomic mass is 16.8. The number of hydrogen-bond acceptors (Lipinski definition) is 18. The molecule has 12 N–H and O–H groups in total. The van der Waals surface area contributed by atoms with Crippen LogP contribution in [0.15, 0.2) is 60.8 Å². The highest BCUT2D eigenvalue weighted by Gasteiger charge is 2.53. The van der Waals surface area contributed by atoms with Crippen LogP contribution < -0.4 is 5.32 Å². The lowest BCUT2D eigenvalue weighted by Gasteiger charge is -2.48. The fraction of sp³-hybridized carbons (Fsp3) is 0.843. The first-order chi connectivity index (χ1) is 43.3. The molecule has 0 saturated carbocycles. The van der Waals surface area contributed by atoms with Crippen molar-refractivity contribution < 1.29 is 89.4 Å². The van der Waals surface area contributed by atoms with E-state index in [0.29, 0.717) is 12.8 Å². The fourth-order valence-corrected chi connectivity index (χ4v) is 11.6. The van der Waals surface area contributed by atoms with Crippen LogP contribution in [0.25, 0.3) is 0 Å². The van der Waals surface area contributed by atoms with Crippen LogP contribution in [0.3, 0.4) is 0 Å². The van der Waals surface area contributed by atoms with Crippen LogP contribution in [0.5, 0.6) is 0 Å². The molecule has 19 nitrogen and oxygen atoms in total. The van der Waals surface area contributed by atoms with Gasteiger partial charge >= 0.3 is 0 Å². The van der Waals surface area contributed by atoms with E-state index in [0.717, 1.165) is 70.6 Å². The largest absolute Gasteiger partial charge is 0.394 e. The Hall–Kier alpha value is -2.51. The van der Waals surface area contributed by atoms with Gasteiger partial charge in [-0.15, -0.1) is 0 Å². The summed E-state index contributed by atoms with van der Waals surface area (Å²) in [7, 11) is 0. The summed E-state index contributed by atoms with van der Waals surface area (Å²) in [5.74, 6) is -0.298. The maximum atomic E-state index is 13.4. The van der Waals surface area contributed by atoms with Gasteiger partial charge in [0.05, 0.1) is 38.6 Å². The predicted octanol–water partition coefficient (Wildman–Crippen LogP) is 9.16. The maximum Gasteiger partial charge on any atom is 0.220 e. The van der Waals surface area contributed by atoms with Gasteiger partial charge in [0.15, 0.2) is 18.9 Å². The van der Waals surface area contributed by atoms with Crippen LogP contribution in [0.2, 0.25) is 0 Å². The molecule has 518 valence electrons. The molecular weight excluding hydrogens is 1140 g/mol. The van der Waals surface area contributed by atoms with Crippen molar-refractivity contribution in [3.05, 3.63) is 60.8 Å². The number of ether oxygens (including phenoxy) is 6. The molecule has 3 rings (SSSR count). The Morgan fingerprint density at radius 1 is 0.404 bits per heavy atom. The van der Waals surface area contributed by atoms with Gasteiger partial charge < -0.3 is 89.9 Å². The third-order valence-electron chi connectivity index (χ3n) is 17.3. The summed E-state index contributed by atoms with van der Waals surface area (Å²) in [6.07, 6.45) is 36.2. The summed E-state index contributed by atoms with van der Waals surface area (Å²) in [4.78, 5) is 13.4. The van der Waals surface area contributed by atoms with Gasteiger partial charge in [0.25, 0.3) is 0 Å². The second-order valence-corrected chi connectivity index (χ2v) is 25.0. The van der Waals surface area contributed by atoms with Gasteiger partial charge in [-0.2, -0.15) is 0 Å². The molecule has 1 amide bonds. The van der Waals surface area contributed by atoms with Crippen LogP contribution in [0, 0.1) is 0 Å². The lowest BCUT2D eigenvalue weighted by atomic mass is 9.96. The molecule has 0 spiro atoms. The number of unbranched alkanes of at least 4 members (excludes halogenated alkanes) is 29. The quantitative estimate of drug-likeness (QED) is 0.0199. The molecule has 0 aromatic carbocycles. The molecule has 3 saturated heterocycles. The smallest absolute Gasteiger partial charge is 0.220 e. The van der Waals surface area contributed by atoms with E-state index in [9.17, 15) is 61.0 Å². The Morgan fingerprint density at radius 2 is 0.753 bits per heavy atom. The molecule has 3 heterocycles. The number of carbonyl (C=O) groups is 1. The van der Waals surface area contributed by atoms with Crippen molar-refractivity contribution in [2.45, 2.75) is 349 Å². The van der Waals surface area contributed by atoms with Gasteiger partial charge in [-0.3, -0.25) is 4.79 Å². The number of allylic oxidation sites excluding steroid dienone is 9. The fourth-order valence-electron chi connectivity index (χ4n) is 11.6. The van der Waals surface area contributed by atoms with E-state index >= 15 is 0 Å². The third kappa shape index (κ3) is 33.9. The summed E-state index contributed by atoms with van der Waals surface area (Å²) in [6.45, 7) is 1.70. The summed E-state index contributed by atoms with van der Waals surface area (Å²) in [5, 5.41) is 120. The summed E-state index contributed by atoms with van der Waals surface area (Å²) in [6, 6.07) is -1.00. The molecule has 3 fully saturated rings. The molecule has 17 unspecified atom stereocenters. The molecule has 19 heteroatoms. The number of aliphatic hydroxyl groups is 11. The lowest BCUT2D eigenvalue weighted by Crippen LogP contribution is -2.66. The second kappa shape index (κ2) is 51.8. The molecule has 0 aromatic heterocycles. The Kier molecular flexibility index (Phi) is 47.0. The van der Waals surface area contributed by atoms with Crippen LogP contribution in [-0.2, 0) is 33.2 Å². The molecule has 0 radical (unpaired) electrons. The molecule has 0 bridgehead atoms. The van der Waals surface area contributed by atoms with Crippen molar-refractivity contribution in [3.8, 4) is 0 Å². The normalized spacial score (nSPS) is 28.6. The zero-order valence-electron chi connectivity index (χ0n) is 54.6. The number of aliphatic hydroxyl groups excluding tert-OH is 11. The third-order valence-corrected chi connectivity index (χ3v) is 17.3.